The summed E-state index contributed by atoms with van der Waals surface area (Å²) in [5.74, 6) is 1.05. The number of nitrogens with zero attached hydrogens (tertiary/aromatic N) is 1. The number of benzene rings is 2. The van der Waals surface area contributed by atoms with Crippen LogP contribution in [-0.2, 0) is 19.1 Å². The molecule has 11 heteroatoms. The van der Waals surface area contributed by atoms with Gasteiger partial charge in [-0.1, -0.05) is 95.3 Å². The Morgan fingerprint density at radius 3 is 1.49 bits per heavy atom. The van der Waals surface area contributed by atoms with E-state index < -0.39 is 23.1 Å². The lowest BCUT2D eigenvalue weighted by Gasteiger charge is -2.63. The molecule has 5 N–H and O–H groups in total. The molecule has 8 saturated carbocycles. The molecule has 8 fully saturated rings. The molecule has 59 heavy (non-hydrogen) atoms. The number of hydrogen-bond acceptors (Lipinski definition) is 8. The van der Waals surface area contributed by atoms with Crippen LogP contribution in [0.4, 0.5) is 0 Å². The van der Waals surface area contributed by atoms with Crippen LogP contribution in [0.5, 0.6) is 0 Å². The summed E-state index contributed by atoms with van der Waals surface area (Å²) in [4.78, 5) is 33.4. The number of ether oxygens (including phenoxy) is 1. The van der Waals surface area contributed by atoms with Crippen LogP contribution >= 0.6 is 23.2 Å². The number of aliphatic hydroxyl groups is 2. The molecule has 9 nitrogen and oxygen atoms in total. The molecule has 0 aromatic heterocycles. The summed E-state index contributed by atoms with van der Waals surface area (Å²) < 4.78 is 10.2. The zero-order chi connectivity index (χ0) is 44.5. The summed E-state index contributed by atoms with van der Waals surface area (Å²) >= 11 is 13.5. The van der Waals surface area contributed by atoms with Crippen molar-refractivity contribution < 1.29 is 30.7 Å². The molecule has 8 bridgehead atoms. The standard InChI is InChI=1S/C19H24ClNO2.C17H22ClNO.C6H15N.C4H6O3.C2H6/c1-12(22)21-17(14-5-3-2-4-6-14)16-15-7-13-8-18(20,10-15)11-19(16,23)9-13;18-16-7-11-6-13(9-16)14(17(20,8-11)10-16)15(19)12-4-2-1-3-5-12;1-4-7(5-2)6-3;1-3(5)7-4(2)6;1-2/h2-6,13,15-17,23H,7-11H2,1H3,(H,21,22);1-5,11,13-15,20H,6-10,19H2;4-6H2,1-3H3;1-2H3;1-2H3/t13-,15?,16+,17-,18-,19-;11-,13?,14+,15-,16-,17-;;;/m00.../s1/i;;;;1D. The number of halogens is 2. The van der Waals surface area contributed by atoms with E-state index in [0.29, 0.717) is 37.0 Å². The van der Waals surface area contributed by atoms with Crippen molar-refractivity contribution in [2.45, 2.75) is 153 Å². The zero-order valence-corrected chi connectivity index (χ0v) is 38.1. The Labute approximate surface area is 365 Å². The second-order valence-electron chi connectivity index (χ2n) is 18.1. The van der Waals surface area contributed by atoms with Crippen molar-refractivity contribution >= 4 is 41.0 Å². The number of carbonyl (C=O) groups excluding carboxylic acids is 3. The maximum absolute atomic E-state index is 11.8. The number of alkyl halides is 2. The SMILES string of the molecule is CC(=O)N[C@@H](c1ccccc1)[C@H]1C2C[C@H]3C[C@](Cl)(C2)C[C@@]1(O)C3.CC(=O)OC(C)=O.CCN(CC)CC.N[C@@H](c1ccccc1)[C@H]1C2C[C@H]3C[C@](Cl)(C2)C[C@@]1(O)C3.[2H]CC. The van der Waals surface area contributed by atoms with Crippen molar-refractivity contribution in [2.75, 3.05) is 19.6 Å². The quantitative estimate of drug-likeness (QED) is 0.117. The zero-order valence-electron chi connectivity index (χ0n) is 37.6. The smallest absolute Gasteiger partial charge is 0.310 e. The van der Waals surface area contributed by atoms with Gasteiger partial charge in [-0.15, -0.1) is 23.2 Å². The molecule has 8 aliphatic rings. The topological polar surface area (TPSA) is 142 Å². The van der Waals surface area contributed by atoms with Gasteiger partial charge in [0.2, 0.25) is 5.91 Å². The highest BCUT2D eigenvalue weighted by atomic mass is 35.5. The maximum atomic E-state index is 11.8. The van der Waals surface area contributed by atoms with Crippen LogP contribution in [0, 0.1) is 35.5 Å². The van der Waals surface area contributed by atoms with E-state index in [-0.39, 0.29) is 39.6 Å². The minimum Gasteiger partial charge on any atom is -0.394 e. The molecular formula is C48H73Cl2N3O6. The highest BCUT2D eigenvalue weighted by Crippen LogP contribution is 2.65. The maximum Gasteiger partial charge on any atom is 0.310 e. The van der Waals surface area contributed by atoms with E-state index in [1.807, 2.05) is 48.5 Å². The van der Waals surface area contributed by atoms with Gasteiger partial charge in [-0.3, -0.25) is 14.4 Å². The number of nitrogens with one attached hydrogen (secondary N) is 1. The van der Waals surface area contributed by atoms with Crippen molar-refractivity contribution in [3.63, 3.8) is 0 Å². The number of nitrogens with two attached hydrogens (primary N) is 1. The normalized spacial score (nSPS) is 35.1. The first-order chi connectivity index (χ1) is 28.3. The first-order valence-corrected chi connectivity index (χ1v) is 22.7. The van der Waals surface area contributed by atoms with Crippen LogP contribution in [-0.4, -0.2) is 73.5 Å². The minimum absolute atomic E-state index is 0.0446. The van der Waals surface area contributed by atoms with E-state index in [1.165, 1.54) is 39.9 Å². The molecule has 8 aliphatic carbocycles. The van der Waals surface area contributed by atoms with E-state index in [4.69, 9.17) is 30.3 Å². The molecule has 2 aromatic rings. The van der Waals surface area contributed by atoms with Crippen molar-refractivity contribution in [2.24, 2.45) is 41.2 Å². The van der Waals surface area contributed by atoms with E-state index in [9.17, 15) is 24.6 Å². The summed E-state index contributed by atoms with van der Waals surface area (Å²) in [5, 5.41) is 25.8. The van der Waals surface area contributed by atoms with Crippen LogP contribution in [0.1, 0.15) is 144 Å². The minimum atomic E-state index is -0.755. The van der Waals surface area contributed by atoms with E-state index >= 15 is 0 Å². The molecule has 1 amide bonds. The number of esters is 2. The van der Waals surface area contributed by atoms with Crippen molar-refractivity contribution in [1.82, 2.24) is 10.2 Å². The monoisotopic (exact) mass is 858 g/mol. The third kappa shape index (κ3) is 12.3. The summed E-state index contributed by atoms with van der Waals surface area (Å²) in [6.07, 6.45) is 9.53. The lowest BCUT2D eigenvalue weighted by molar-refractivity contribution is -0.175. The van der Waals surface area contributed by atoms with Crippen molar-refractivity contribution in [3.05, 3.63) is 71.8 Å². The number of amides is 1. The lowest BCUT2D eigenvalue weighted by Crippen LogP contribution is -2.64. The van der Waals surface area contributed by atoms with Gasteiger partial charge >= 0.3 is 11.9 Å². The highest BCUT2D eigenvalue weighted by molar-refractivity contribution is 6.24. The van der Waals surface area contributed by atoms with E-state index in [1.54, 1.807) is 13.8 Å². The highest BCUT2D eigenvalue weighted by Gasteiger charge is 2.64. The average Bonchev–Trinajstić information content (AvgIpc) is 3.14. The van der Waals surface area contributed by atoms with Crippen molar-refractivity contribution in [1.29, 1.82) is 0 Å². The number of carbonyl (C=O) groups is 3. The molecule has 10 rings (SSSR count). The van der Waals surface area contributed by atoms with Crippen molar-refractivity contribution in [3.8, 4) is 0 Å². The second-order valence-corrected chi connectivity index (χ2v) is 19.7. The molecule has 330 valence electrons. The molecule has 0 saturated heterocycles. The Bertz CT molecular complexity index is 1670. The Kier molecular flexibility index (Phi) is 16.9. The van der Waals surface area contributed by atoms with Crippen LogP contribution in [0.25, 0.3) is 0 Å². The molecular weight excluding hydrogens is 785 g/mol. The van der Waals surface area contributed by atoms with Gasteiger partial charge in [-0.2, -0.15) is 0 Å². The van der Waals surface area contributed by atoms with Gasteiger partial charge in [-0.25, -0.2) is 0 Å². The Morgan fingerprint density at radius 1 is 0.763 bits per heavy atom. The van der Waals surface area contributed by atoms with Gasteiger partial charge in [0.15, 0.2) is 0 Å². The van der Waals surface area contributed by atoms with Gasteiger partial charge in [0.25, 0.3) is 0 Å². The number of hydrogen-bond donors (Lipinski definition) is 4. The molecule has 2 unspecified atom stereocenters. The Balaban J connectivity index is 0.000000194. The molecule has 0 aliphatic heterocycles. The fraction of sp³-hybridized carbons (Fsp3) is 0.688. The van der Waals surface area contributed by atoms with Crippen LogP contribution in [0.3, 0.4) is 0 Å². The lowest BCUT2D eigenvalue weighted by atomic mass is 9.47. The molecule has 0 spiro atoms. The number of rotatable bonds is 8. The van der Waals surface area contributed by atoms with Gasteiger partial charge in [-0.05, 0) is 119 Å². The second kappa shape index (κ2) is 21.0. The molecule has 0 heterocycles. The van der Waals surface area contributed by atoms with Crippen LogP contribution in [0.2, 0.25) is 0 Å². The molecule has 0 radical (unpaired) electrons. The average molecular weight is 860 g/mol. The van der Waals surface area contributed by atoms with Crippen LogP contribution in [0.15, 0.2) is 60.7 Å². The van der Waals surface area contributed by atoms with E-state index in [2.05, 4.69) is 47.9 Å². The fourth-order valence-electron chi connectivity index (χ4n) is 12.3. The van der Waals surface area contributed by atoms with Gasteiger partial charge in [0.05, 0.1) is 17.2 Å². The fourth-order valence-corrected chi connectivity index (χ4v) is 13.6. The van der Waals surface area contributed by atoms with E-state index in [0.717, 1.165) is 62.5 Å². The first-order valence-electron chi connectivity index (χ1n) is 22.6. The van der Waals surface area contributed by atoms with Crippen LogP contribution < -0.4 is 11.1 Å². The third-order valence-electron chi connectivity index (χ3n) is 13.7. The summed E-state index contributed by atoms with van der Waals surface area (Å²) in [5.41, 5.74) is 7.36. The van der Waals surface area contributed by atoms with Gasteiger partial charge in [0.1, 0.15) is 0 Å². The summed E-state index contributed by atoms with van der Waals surface area (Å²) in [7, 11) is 0. The largest absolute Gasteiger partial charge is 0.394 e. The summed E-state index contributed by atoms with van der Waals surface area (Å²) in [6, 6.07) is 20.1. The van der Waals surface area contributed by atoms with Gasteiger partial charge < -0.3 is 30.9 Å². The predicted octanol–water partition coefficient (Wildman–Crippen LogP) is 9.12. The Hall–Kier alpha value is -2.53. The van der Waals surface area contributed by atoms with Gasteiger partial charge in [0, 0.05) is 49.8 Å². The predicted molar refractivity (Wildman–Crippen MR) is 238 cm³/mol. The Morgan fingerprint density at radius 2 is 1.17 bits per heavy atom. The molecule has 2 aromatic carbocycles. The third-order valence-corrected chi connectivity index (χ3v) is 14.6. The summed E-state index contributed by atoms with van der Waals surface area (Å²) in [6.45, 7) is 16.3. The first kappa shape index (κ1) is 47.5. The molecule has 12 atom stereocenters.